The molecule has 0 spiro atoms. The van der Waals surface area contributed by atoms with Crippen molar-refractivity contribution < 1.29 is 0 Å². The molecule has 0 fully saturated rings. The van der Waals surface area contributed by atoms with E-state index >= 15 is 0 Å². The molecule has 2 aromatic rings. The number of hydrogen-bond acceptors (Lipinski definition) is 4. The number of thioether (sulfide) groups is 1. The van der Waals surface area contributed by atoms with Crippen molar-refractivity contribution in [3.63, 3.8) is 0 Å². The fraction of sp³-hybridized carbons (Fsp3) is 0.333. The summed E-state index contributed by atoms with van der Waals surface area (Å²) >= 11 is 5.34. The second kappa shape index (κ2) is 7.64. The normalized spacial score (nSPS) is 10.6. The first-order chi connectivity index (χ1) is 9.74. The lowest BCUT2D eigenvalue weighted by molar-refractivity contribution is 0.847. The van der Waals surface area contributed by atoms with Crippen LogP contribution in [0.1, 0.15) is 24.9 Å². The maximum atomic E-state index is 4.67. The minimum Gasteiger partial charge on any atom is -0.372 e. The van der Waals surface area contributed by atoms with Gasteiger partial charge in [-0.25, -0.2) is 9.97 Å². The van der Waals surface area contributed by atoms with Crippen molar-refractivity contribution in [1.82, 2.24) is 9.97 Å². The average molecular weight is 352 g/mol. The van der Waals surface area contributed by atoms with E-state index in [0.717, 1.165) is 40.4 Å². The highest BCUT2D eigenvalue weighted by Gasteiger charge is 2.11. The smallest absolute Gasteiger partial charge is 0.144 e. The molecule has 1 aromatic carbocycles. The van der Waals surface area contributed by atoms with Gasteiger partial charge in [0.25, 0.3) is 0 Å². The van der Waals surface area contributed by atoms with Crippen LogP contribution in [-0.2, 0) is 12.2 Å². The summed E-state index contributed by atoms with van der Waals surface area (Å²) in [5, 5.41) is 3.13. The number of aromatic nitrogens is 2. The van der Waals surface area contributed by atoms with E-state index in [1.165, 1.54) is 4.90 Å². The fourth-order valence-corrected chi connectivity index (χ4v) is 3.19. The highest BCUT2D eigenvalue weighted by molar-refractivity contribution is 9.10. The molecule has 0 saturated heterocycles. The number of anilines is 1. The lowest BCUT2D eigenvalue weighted by Crippen LogP contribution is -2.05. The van der Waals surface area contributed by atoms with Crippen molar-refractivity contribution in [2.75, 3.05) is 12.4 Å². The van der Waals surface area contributed by atoms with Gasteiger partial charge in [-0.1, -0.05) is 31.5 Å². The van der Waals surface area contributed by atoms with Gasteiger partial charge in [-0.15, -0.1) is 11.8 Å². The van der Waals surface area contributed by atoms with Gasteiger partial charge in [0.15, 0.2) is 0 Å². The van der Waals surface area contributed by atoms with Crippen LogP contribution in [0.5, 0.6) is 0 Å². The fourth-order valence-electron chi connectivity index (χ4n) is 1.84. The van der Waals surface area contributed by atoms with E-state index in [-0.39, 0.29) is 0 Å². The molecule has 2 rings (SSSR count). The van der Waals surface area contributed by atoms with Crippen LogP contribution in [0.15, 0.2) is 39.7 Å². The predicted octanol–water partition coefficient (Wildman–Crippen LogP) is 4.53. The molecule has 0 aliphatic carbocycles. The van der Waals surface area contributed by atoms with Gasteiger partial charge >= 0.3 is 0 Å². The van der Waals surface area contributed by atoms with Crippen LogP contribution in [-0.4, -0.2) is 17.0 Å². The summed E-state index contributed by atoms with van der Waals surface area (Å²) in [7, 11) is 1.89. The Kier molecular flexibility index (Phi) is 5.86. The molecular weight excluding hydrogens is 334 g/mol. The standard InChI is InChI=1S/C15H18BrN3S/c1-3-7-12-14(16)15(17-2)19-13(18-12)10-20-11-8-5-4-6-9-11/h4-6,8-9H,3,7,10H2,1-2H3,(H,17,18,19). The quantitative estimate of drug-likeness (QED) is 0.776. The first-order valence-electron chi connectivity index (χ1n) is 6.65. The van der Waals surface area contributed by atoms with Gasteiger partial charge in [-0.3, -0.25) is 0 Å². The van der Waals surface area contributed by atoms with Crippen LogP contribution in [0.3, 0.4) is 0 Å². The zero-order valence-corrected chi connectivity index (χ0v) is 14.1. The van der Waals surface area contributed by atoms with Crippen molar-refractivity contribution in [2.24, 2.45) is 0 Å². The third-order valence-corrected chi connectivity index (χ3v) is 4.64. The molecule has 0 aliphatic rings. The summed E-state index contributed by atoms with van der Waals surface area (Å²) in [5.74, 6) is 2.52. The van der Waals surface area contributed by atoms with Gasteiger partial charge in [-0.05, 0) is 34.5 Å². The van der Waals surface area contributed by atoms with Crippen molar-refractivity contribution in [3.05, 3.63) is 46.3 Å². The van der Waals surface area contributed by atoms with Gasteiger partial charge in [0.05, 0.1) is 15.9 Å². The molecule has 106 valence electrons. The van der Waals surface area contributed by atoms with Gasteiger partial charge in [0, 0.05) is 11.9 Å². The van der Waals surface area contributed by atoms with Gasteiger partial charge in [-0.2, -0.15) is 0 Å². The molecule has 1 aromatic heterocycles. The Labute approximate surface area is 132 Å². The van der Waals surface area contributed by atoms with Crippen molar-refractivity contribution >= 4 is 33.5 Å². The summed E-state index contributed by atoms with van der Waals surface area (Å²) < 4.78 is 0.982. The van der Waals surface area contributed by atoms with E-state index in [2.05, 4.69) is 50.3 Å². The van der Waals surface area contributed by atoms with Gasteiger partial charge in [0.1, 0.15) is 11.6 Å². The lowest BCUT2D eigenvalue weighted by atomic mass is 10.2. The summed E-state index contributed by atoms with van der Waals surface area (Å²) in [6.45, 7) is 2.16. The zero-order chi connectivity index (χ0) is 14.4. The van der Waals surface area contributed by atoms with Crippen LogP contribution in [0.4, 0.5) is 5.82 Å². The summed E-state index contributed by atoms with van der Waals surface area (Å²) in [6, 6.07) is 10.3. The van der Waals surface area contributed by atoms with Crippen molar-refractivity contribution in [1.29, 1.82) is 0 Å². The van der Waals surface area contributed by atoms with Crippen LogP contribution < -0.4 is 5.32 Å². The first-order valence-corrected chi connectivity index (χ1v) is 8.43. The molecule has 0 bridgehead atoms. The SMILES string of the molecule is CCCc1nc(CSc2ccccc2)nc(NC)c1Br. The lowest BCUT2D eigenvalue weighted by Gasteiger charge is -2.10. The minimum absolute atomic E-state index is 0.780. The topological polar surface area (TPSA) is 37.8 Å². The monoisotopic (exact) mass is 351 g/mol. The molecule has 20 heavy (non-hydrogen) atoms. The minimum atomic E-state index is 0.780. The van der Waals surface area contributed by atoms with Crippen LogP contribution in [0.25, 0.3) is 0 Å². The highest BCUT2D eigenvalue weighted by atomic mass is 79.9. The molecule has 0 unspecified atom stereocenters. The molecule has 0 saturated carbocycles. The molecule has 1 heterocycles. The Morgan fingerprint density at radius 3 is 2.60 bits per heavy atom. The van der Waals surface area contributed by atoms with Crippen molar-refractivity contribution in [2.45, 2.75) is 30.4 Å². The van der Waals surface area contributed by atoms with E-state index < -0.39 is 0 Å². The van der Waals surface area contributed by atoms with Gasteiger partial charge in [0.2, 0.25) is 0 Å². The molecule has 1 N–H and O–H groups in total. The van der Waals surface area contributed by atoms with E-state index in [9.17, 15) is 0 Å². The number of rotatable bonds is 6. The maximum absolute atomic E-state index is 4.67. The molecule has 5 heteroatoms. The summed E-state index contributed by atoms with van der Waals surface area (Å²) in [5.41, 5.74) is 1.08. The number of benzene rings is 1. The Morgan fingerprint density at radius 2 is 1.95 bits per heavy atom. The van der Waals surface area contributed by atoms with Crippen LogP contribution in [0.2, 0.25) is 0 Å². The number of nitrogens with one attached hydrogen (secondary N) is 1. The average Bonchev–Trinajstić information content (AvgIpc) is 2.49. The van der Waals surface area contributed by atoms with E-state index in [4.69, 9.17) is 0 Å². The number of halogens is 1. The number of hydrogen-bond donors (Lipinski definition) is 1. The number of aryl methyl sites for hydroxylation is 1. The molecule has 0 atom stereocenters. The Hall–Kier alpha value is -1.07. The van der Waals surface area contributed by atoms with Crippen LogP contribution in [0, 0.1) is 0 Å². The Balaban J connectivity index is 2.16. The summed E-state index contributed by atoms with van der Waals surface area (Å²) in [4.78, 5) is 10.5. The second-order valence-electron chi connectivity index (χ2n) is 4.35. The third kappa shape index (κ3) is 3.96. The molecule has 0 radical (unpaired) electrons. The molecular formula is C15H18BrN3S. The Bertz CT molecular complexity index is 561. The second-order valence-corrected chi connectivity index (χ2v) is 6.19. The molecule has 3 nitrogen and oxygen atoms in total. The van der Waals surface area contributed by atoms with Crippen molar-refractivity contribution in [3.8, 4) is 0 Å². The maximum Gasteiger partial charge on any atom is 0.144 e. The predicted molar refractivity (Wildman–Crippen MR) is 89.3 cm³/mol. The summed E-state index contributed by atoms with van der Waals surface area (Å²) in [6.07, 6.45) is 2.03. The zero-order valence-electron chi connectivity index (χ0n) is 11.7. The Morgan fingerprint density at radius 1 is 1.20 bits per heavy atom. The van der Waals surface area contributed by atoms with E-state index in [1.54, 1.807) is 11.8 Å². The van der Waals surface area contributed by atoms with E-state index in [1.807, 2.05) is 25.2 Å². The largest absolute Gasteiger partial charge is 0.372 e. The highest BCUT2D eigenvalue weighted by Crippen LogP contribution is 2.27. The number of nitrogens with zero attached hydrogens (tertiary/aromatic N) is 2. The van der Waals surface area contributed by atoms with Gasteiger partial charge < -0.3 is 5.32 Å². The van der Waals surface area contributed by atoms with Crippen LogP contribution >= 0.6 is 27.7 Å². The molecule has 0 amide bonds. The third-order valence-electron chi connectivity index (χ3n) is 2.80. The first kappa shape index (κ1) is 15.3. The molecule has 0 aliphatic heterocycles. The van der Waals surface area contributed by atoms with E-state index in [0.29, 0.717) is 0 Å².